The smallest absolute Gasteiger partial charge is 0.253 e. The molecule has 0 N–H and O–H groups in total. The van der Waals surface area contributed by atoms with Crippen LogP contribution in [0.5, 0.6) is 5.75 Å². The van der Waals surface area contributed by atoms with E-state index in [9.17, 15) is 10.1 Å². The van der Waals surface area contributed by atoms with Gasteiger partial charge in [0.2, 0.25) is 0 Å². The average Bonchev–Trinajstić information content (AvgIpc) is 2.68. The monoisotopic (exact) mass is 362 g/mol. The number of likely N-dealkylation sites (tertiary alicyclic amines) is 1. The lowest BCUT2D eigenvalue weighted by Crippen LogP contribution is -2.43. The van der Waals surface area contributed by atoms with Crippen molar-refractivity contribution in [2.75, 3.05) is 13.1 Å². The molecule has 1 amide bonds. The Bertz CT molecular complexity index is 844. The molecule has 1 aliphatic rings. The van der Waals surface area contributed by atoms with E-state index in [-0.39, 0.29) is 17.4 Å². The molecule has 1 fully saturated rings. The minimum absolute atomic E-state index is 0.0160. The highest BCUT2D eigenvalue weighted by Crippen LogP contribution is 2.35. The Labute approximate surface area is 161 Å². The highest BCUT2D eigenvalue weighted by molar-refractivity contribution is 5.95. The summed E-state index contributed by atoms with van der Waals surface area (Å²) >= 11 is 0. The van der Waals surface area contributed by atoms with Gasteiger partial charge < -0.3 is 9.64 Å². The number of nitriles is 1. The molecule has 1 heterocycles. The molecule has 2 aromatic rings. The molecule has 0 spiro atoms. The van der Waals surface area contributed by atoms with E-state index in [4.69, 9.17) is 4.74 Å². The molecule has 140 valence electrons. The first-order chi connectivity index (χ1) is 12.9. The lowest BCUT2D eigenvalue weighted by Gasteiger charge is -2.40. The van der Waals surface area contributed by atoms with Gasteiger partial charge >= 0.3 is 0 Å². The summed E-state index contributed by atoms with van der Waals surface area (Å²) < 4.78 is 5.65. The number of hydrogen-bond donors (Lipinski definition) is 0. The van der Waals surface area contributed by atoms with Gasteiger partial charge in [0.25, 0.3) is 5.91 Å². The third kappa shape index (κ3) is 4.14. The van der Waals surface area contributed by atoms with Gasteiger partial charge in [-0.25, -0.2) is 0 Å². The second kappa shape index (κ2) is 7.84. The Kier molecular flexibility index (Phi) is 5.51. The Balaban J connectivity index is 1.72. The molecule has 1 saturated heterocycles. The van der Waals surface area contributed by atoms with Crippen LogP contribution in [0.25, 0.3) is 0 Å². The van der Waals surface area contributed by atoms with Crippen molar-refractivity contribution in [3.05, 3.63) is 65.2 Å². The first-order valence-corrected chi connectivity index (χ1v) is 9.48. The Morgan fingerprint density at radius 2 is 1.81 bits per heavy atom. The summed E-state index contributed by atoms with van der Waals surface area (Å²) in [5.74, 6) is 0.511. The van der Waals surface area contributed by atoms with Crippen molar-refractivity contribution >= 4 is 5.91 Å². The molecule has 0 aromatic heterocycles. The maximum atomic E-state index is 12.9. The molecule has 0 bridgehead atoms. The number of carbonyl (C=O) groups excluding carboxylic acids is 1. The zero-order valence-corrected chi connectivity index (χ0v) is 16.2. The quantitative estimate of drug-likeness (QED) is 0.802. The zero-order valence-electron chi connectivity index (χ0n) is 16.2. The molecule has 0 radical (unpaired) electrons. The summed E-state index contributed by atoms with van der Waals surface area (Å²) in [6.07, 6.45) is 1.85. The molecule has 0 saturated carbocycles. The van der Waals surface area contributed by atoms with Crippen molar-refractivity contribution in [3.63, 3.8) is 0 Å². The standard InChI is InChI=1S/C23H26N2O2/c1-17(2)27-21-10-9-18(15-19(21)16-24)22(26)25-13-11-23(3,12-14-25)20-7-5-4-6-8-20/h4-10,15,17H,11-14H2,1-3H3. The van der Waals surface area contributed by atoms with Crippen LogP contribution in [-0.4, -0.2) is 30.0 Å². The van der Waals surface area contributed by atoms with Crippen LogP contribution in [0.15, 0.2) is 48.5 Å². The van der Waals surface area contributed by atoms with E-state index < -0.39 is 0 Å². The molecule has 4 heteroatoms. The Morgan fingerprint density at radius 3 is 2.41 bits per heavy atom. The summed E-state index contributed by atoms with van der Waals surface area (Å²) in [5, 5.41) is 9.39. The summed E-state index contributed by atoms with van der Waals surface area (Å²) in [6.45, 7) is 7.54. The molecular formula is C23H26N2O2. The SMILES string of the molecule is CC(C)Oc1ccc(C(=O)N2CCC(C)(c3ccccc3)CC2)cc1C#N. The lowest BCUT2D eigenvalue weighted by atomic mass is 9.74. The van der Waals surface area contributed by atoms with E-state index in [0.717, 1.165) is 25.9 Å². The zero-order chi connectivity index (χ0) is 19.4. The van der Waals surface area contributed by atoms with Gasteiger partial charge in [0.05, 0.1) is 11.7 Å². The number of amides is 1. The molecule has 0 aliphatic carbocycles. The molecule has 0 unspecified atom stereocenters. The average molecular weight is 362 g/mol. The van der Waals surface area contributed by atoms with E-state index >= 15 is 0 Å². The molecular weight excluding hydrogens is 336 g/mol. The van der Waals surface area contributed by atoms with Crippen LogP contribution >= 0.6 is 0 Å². The van der Waals surface area contributed by atoms with Gasteiger partial charge in [-0.15, -0.1) is 0 Å². The third-order valence-electron chi connectivity index (χ3n) is 5.33. The number of hydrogen-bond acceptors (Lipinski definition) is 3. The van der Waals surface area contributed by atoms with Gasteiger partial charge in [0, 0.05) is 18.7 Å². The minimum atomic E-state index is -0.0172. The van der Waals surface area contributed by atoms with Crippen LogP contribution in [-0.2, 0) is 5.41 Å². The van der Waals surface area contributed by atoms with Crippen LogP contribution in [0.3, 0.4) is 0 Å². The van der Waals surface area contributed by atoms with Crippen LogP contribution in [0.1, 0.15) is 55.1 Å². The van der Waals surface area contributed by atoms with Crippen molar-refractivity contribution in [3.8, 4) is 11.8 Å². The topological polar surface area (TPSA) is 53.3 Å². The number of ether oxygens (including phenoxy) is 1. The van der Waals surface area contributed by atoms with E-state index in [1.807, 2.05) is 24.8 Å². The normalized spacial score (nSPS) is 16.0. The molecule has 2 aromatic carbocycles. The number of rotatable bonds is 4. The van der Waals surface area contributed by atoms with Gasteiger partial charge in [-0.3, -0.25) is 4.79 Å². The van der Waals surface area contributed by atoms with E-state index in [1.54, 1.807) is 18.2 Å². The predicted octanol–water partition coefficient (Wildman–Crippen LogP) is 4.54. The van der Waals surface area contributed by atoms with Gasteiger partial charge in [-0.05, 0) is 55.9 Å². The van der Waals surface area contributed by atoms with Crippen molar-refractivity contribution in [1.29, 1.82) is 5.26 Å². The van der Waals surface area contributed by atoms with Crippen molar-refractivity contribution in [2.45, 2.75) is 45.1 Å². The summed E-state index contributed by atoms with van der Waals surface area (Å²) in [4.78, 5) is 14.8. The fraction of sp³-hybridized carbons (Fsp3) is 0.391. The van der Waals surface area contributed by atoms with Crippen LogP contribution < -0.4 is 4.74 Å². The van der Waals surface area contributed by atoms with Crippen molar-refractivity contribution in [2.24, 2.45) is 0 Å². The lowest BCUT2D eigenvalue weighted by molar-refractivity contribution is 0.0676. The minimum Gasteiger partial charge on any atom is -0.490 e. The van der Waals surface area contributed by atoms with Gasteiger partial charge in [0.1, 0.15) is 11.8 Å². The van der Waals surface area contributed by atoms with E-state index in [2.05, 4.69) is 37.3 Å². The largest absolute Gasteiger partial charge is 0.490 e. The molecule has 1 aliphatic heterocycles. The first kappa shape index (κ1) is 19.0. The number of benzene rings is 2. The summed E-state index contributed by atoms with van der Waals surface area (Å²) in [7, 11) is 0. The molecule has 4 nitrogen and oxygen atoms in total. The fourth-order valence-electron chi connectivity index (χ4n) is 3.62. The highest BCUT2D eigenvalue weighted by Gasteiger charge is 2.33. The molecule has 3 rings (SSSR count). The third-order valence-corrected chi connectivity index (χ3v) is 5.33. The van der Waals surface area contributed by atoms with E-state index in [0.29, 0.717) is 16.9 Å². The maximum Gasteiger partial charge on any atom is 0.253 e. The van der Waals surface area contributed by atoms with E-state index in [1.165, 1.54) is 5.56 Å². The second-order valence-electron chi connectivity index (χ2n) is 7.71. The second-order valence-corrected chi connectivity index (χ2v) is 7.71. The van der Waals surface area contributed by atoms with Crippen LogP contribution in [0.4, 0.5) is 0 Å². The summed E-state index contributed by atoms with van der Waals surface area (Å²) in [6, 6.07) is 17.8. The molecule has 0 atom stereocenters. The Morgan fingerprint density at radius 1 is 1.15 bits per heavy atom. The van der Waals surface area contributed by atoms with Crippen molar-refractivity contribution in [1.82, 2.24) is 4.90 Å². The van der Waals surface area contributed by atoms with Crippen LogP contribution in [0.2, 0.25) is 0 Å². The number of carbonyl (C=O) groups is 1. The van der Waals surface area contributed by atoms with Gasteiger partial charge in [-0.1, -0.05) is 37.3 Å². The number of nitrogens with zero attached hydrogens (tertiary/aromatic N) is 2. The maximum absolute atomic E-state index is 12.9. The summed E-state index contributed by atoms with van der Waals surface area (Å²) in [5.41, 5.74) is 2.39. The first-order valence-electron chi connectivity index (χ1n) is 9.48. The highest BCUT2D eigenvalue weighted by atomic mass is 16.5. The van der Waals surface area contributed by atoms with Crippen LogP contribution in [0, 0.1) is 11.3 Å². The predicted molar refractivity (Wildman–Crippen MR) is 106 cm³/mol. The molecule has 27 heavy (non-hydrogen) atoms. The fourth-order valence-corrected chi connectivity index (χ4v) is 3.62. The number of piperidine rings is 1. The van der Waals surface area contributed by atoms with Gasteiger partial charge in [-0.2, -0.15) is 5.26 Å². The van der Waals surface area contributed by atoms with Gasteiger partial charge in [0.15, 0.2) is 0 Å². The van der Waals surface area contributed by atoms with Crippen molar-refractivity contribution < 1.29 is 9.53 Å². The Hall–Kier alpha value is -2.80.